The molecule has 8 nitrogen and oxygen atoms in total. The Kier molecular flexibility index (Phi) is 4.97. The molecule has 1 aromatic heterocycles. The minimum atomic E-state index is -4.27. The summed E-state index contributed by atoms with van der Waals surface area (Å²) in [6.45, 7) is 1.43. The van der Waals surface area contributed by atoms with Gasteiger partial charge in [0.25, 0.3) is 5.91 Å². The number of carbonyl (C=O) groups is 1. The zero-order chi connectivity index (χ0) is 20.6. The maximum Gasteiger partial charge on any atom is 0.393 e. The van der Waals surface area contributed by atoms with E-state index in [1.165, 1.54) is 4.57 Å². The molecular weight excluding hydrogens is 393 g/mol. The van der Waals surface area contributed by atoms with E-state index in [9.17, 15) is 18.0 Å². The van der Waals surface area contributed by atoms with Crippen LogP contribution in [0.2, 0.25) is 0 Å². The van der Waals surface area contributed by atoms with Gasteiger partial charge in [-0.25, -0.2) is 0 Å². The van der Waals surface area contributed by atoms with Crippen LogP contribution in [0, 0.1) is 5.92 Å². The topological polar surface area (TPSA) is 87.5 Å². The van der Waals surface area contributed by atoms with Gasteiger partial charge >= 0.3 is 6.18 Å². The number of nitrogens with one attached hydrogen (secondary N) is 1. The van der Waals surface area contributed by atoms with Crippen molar-refractivity contribution in [1.29, 1.82) is 0 Å². The molecule has 3 heterocycles. The highest BCUT2D eigenvalue weighted by atomic mass is 19.4. The summed E-state index contributed by atoms with van der Waals surface area (Å²) >= 11 is 0. The Balaban J connectivity index is 1.35. The molecule has 0 saturated carbocycles. The van der Waals surface area contributed by atoms with E-state index >= 15 is 0 Å². The van der Waals surface area contributed by atoms with Crippen LogP contribution in [0.5, 0.6) is 17.2 Å². The van der Waals surface area contributed by atoms with Crippen LogP contribution >= 0.6 is 0 Å². The van der Waals surface area contributed by atoms with Crippen molar-refractivity contribution in [3.63, 3.8) is 0 Å². The smallest absolute Gasteiger partial charge is 0.393 e. The van der Waals surface area contributed by atoms with E-state index in [1.807, 2.05) is 0 Å². The predicted molar refractivity (Wildman–Crippen MR) is 92.4 cm³/mol. The number of ether oxygens (including phenoxy) is 3. The number of alkyl halides is 3. The van der Waals surface area contributed by atoms with Crippen molar-refractivity contribution in [2.24, 2.45) is 5.92 Å². The average Bonchev–Trinajstić information content (AvgIpc) is 3.31. The number of hydrogen-bond donors (Lipinski definition) is 1. The molecule has 0 radical (unpaired) electrons. The van der Waals surface area contributed by atoms with Crippen LogP contribution in [0.1, 0.15) is 25.0 Å². The second-order valence-corrected chi connectivity index (χ2v) is 6.91. The van der Waals surface area contributed by atoms with E-state index in [2.05, 4.69) is 15.5 Å². The molecule has 1 aromatic carbocycles. The third-order valence-corrected chi connectivity index (χ3v) is 4.93. The van der Waals surface area contributed by atoms with Gasteiger partial charge in [-0.05, 0) is 25.5 Å². The first-order valence-corrected chi connectivity index (χ1v) is 9.13. The van der Waals surface area contributed by atoms with Crippen molar-refractivity contribution in [1.82, 2.24) is 20.1 Å². The van der Waals surface area contributed by atoms with Gasteiger partial charge in [-0.2, -0.15) is 13.2 Å². The van der Waals surface area contributed by atoms with E-state index < -0.39 is 24.1 Å². The first-order chi connectivity index (χ1) is 13.8. The summed E-state index contributed by atoms with van der Waals surface area (Å²) in [6.07, 6.45) is -4.90. The van der Waals surface area contributed by atoms with Gasteiger partial charge in [-0.3, -0.25) is 4.79 Å². The number of nitrogens with zero attached hydrogens (tertiary/aromatic N) is 3. The highest BCUT2D eigenvalue weighted by Crippen LogP contribution is 2.36. The number of hydrogen-bond acceptors (Lipinski definition) is 6. The second kappa shape index (κ2) is 7.45. The SMILES string of the molecule is C[C@@H](Oc1ccc2c(c1)OCO2)C(=O)NCc1nnc2n1C[C@@H](C(F)(F)F)CC2. The predicted octanol–water partition coefficient (Wildman–Crippen LogP) is 2.22. The number of fused-ring (bicyclic) bond motifs is 2. The minimum absolute atomic E-state index is 0.00556. The zero-order valence-corrected chi connectivity index (χ0v) is 15.5. The summed E-state index contributed by atoms with van der Waals surface area (Å²) in [5.41, 5.74) is 0. The number of aryl methyl sites for hydroxylation is 1. The van der Waals surface area contributed by atoms with E-state index in [0.29, 0.717) is 23.1 Å². The first-order valence-electron chi connectivity index (χ1n) is 9.13. The third-order valence-electron chi connectivity index (χ3n) is 4.93. The molecule has 0 unspecified atom stereocenters. The maximum atomic E-state index is 13.0. The highest BCUT2D eigenvalue weighted by Gasteiger charge is 2.42. The molecule has 0 bridgehead atoms. The molecule has 0 aliphatic carbocycles. The van der Waals surface area contributed by atoms with Crippen LogP contribution in [-0.4, -0.2) is 39.7 Å². The van der Waals surface area contributed by atoms with Crippen LogP contribution in [0.15, 0.2) is 18.2 Å². The van der Waals surface area contributed by atoms with E-state index in [4.69, 9.17) is 14.2 Å². The largest absolute Gasteiger partial charge is 0.481 e. The van der Waals surface area contributed by atoms with E-state index in [-0.39, 0.29) is 38.5 Å². The molecule has 2 atom stereocenters. The molecule has 2 aliphatic rings. The third kappa shape index (κ3) is 4.08. The lowest BCUT2D eigenvalue weighted by molar-refractivity contribution is -0.182. The molecule has 156 valence electrons. The van der Waals surface area contributed by atoms with Crippen LogP contribution in [0.25, 0.3) is 0 Å². The maximum absolute atomic E-state index is 13.0. The minimum Gasteiger partial charge on any atom is -0.481 e. The van der Waals surface area contributed by atoms with Gasteiger partial charge < -0.3 is 24.1 Å². The second-order valence-electron chi connectivity index (χ2n) is 6.91. The summed E-state index contributed by atoms with van der Waals surface area (Å²) in [5, 5.41) is 10.5. The van der Waals surface area contributed by atoms with Crippen molar-refractivity contribution in [2.75, 3.05) is 6.79 Å². The van der Waals surface area contributed by atoms with Crippen LogP contribution in [0.3, 0.4) is 0 Å². The molecule has 2 aliphatic heterocycles. The Hall–Kier alpha value is -2.98. The lowest BCUT2D eigenvalue weighted by atomic mass is 9.99. The van der Waals surface area contributed by atoms with Gasteiger partial charge in [-0.1, -0.05) is 0 Å². The number of carbonyl (C=O) groups excluding carboxylic acids is 1. The van der Waals surface area contributed by atoms with Crippen LogP contribution in [-0.2, 0) is 24.3 Å². The number of amides is 1. The summed E-state index contributed by atoms with van der Waals surface area (Å²) in [4.78, 5) is 12.3. The molecule has 2 aromatic rings. The molecule has 4 rings (SSSR count). The Morgan fingerprint density at radius 3 is 2.93 bits per heavy atom. The fraction of sp³-hybridized carbons (Fsp3) is 0.500. The molecule has 11 heteroatoms. The summed E-state index contributed by atoms with van der Waals surface area (Å²) < 4.78 is 56.6. The average molecular weight is 412 g/mol. The van der Waals surface area contributed by atoms with Gasteiger partial charge in [-0.15, -0.1) is 10.2 Å². The molecule has 29 heavy (non-hydrogen) atoms. The molecular formula is C18H19F3N4O4. The fourth-order valence-electron chi connectivity index (χ4n) is 3.30. The van der Waals surface area contributed by atoms with Crippen LogP contribution in [0.4, 0.5) is 13.2 Å². The normalized spacial score (nSPS) is 18.8. The van der Waals surface area contributed by atoms with Crippen molar-refractivity contribution in [3.8, 4) is 17.2 Å². The van der Waals surface area contributed by atoms with E-state index in [0.717, 1.165) is 0 Å². The fourth-order valence-corrected chi connectivity index (χ4v) is 3.30. The Morgan fingerprint density at radius 2 is 2.14 bits per heavy atom. The molecule has 0 fully saturated rings. The number of rotatable bonds is 5. The lowest BCUT2D eigenvalue weighted by Crippen LogP contribution is -2.37. The van der Waals surface area contributed by atoms with E-state index in [1.54, 1.807) is 25.1 Å². The Labute approximate surface area is 164 Å². The molecule has 0 spiro atoms. The number of aromatic nitrogens is 3. The first kappa shape index (κ1) is 19.3. The highest BCUT2D eigenvalue weighted by molar-refractivity contribution is 5.80. The number of halogens is 3. The van der Waals surface area contributed by atoms with Crippen molar-refractivity contribution in [2.45, 2.75) is 45.1 Å². The van der Waals surface area contributed by atoms with Gasteiger partial charge in [0, 0.05) is 19.0 Å². The van der Waals surface area contributed by atoms with Crippen molar-refractivity contribution < 1.29 is 32.2 Å². The Bertz CT molecular complexity index is 915. The standard InChI is InChI=1S/C18H19F3N4O4/c1-10(29-12-3-4-13-14(6-12)28-9-27-13)17(26)22-7-16-24-23-15-5-2-11(8-25(15)16)18(19,20)21/h3-4,6,10-11H,2,5,7-9H2,1H3,(H,22,26)/t10-,11+/m1/s1. The van der Waals surface area contributed by atoms with Crippen molar-refractivity contribution in [3.05, 3.63) is 29.8 Å². The lowest BCUT2D eigenvalue weighted by Gasteiger charge is -2.26. The number of benzene rings is 1. The molecule has 0 saturated heterocycles. The zero-order valence-electron chi connectivity index (χ0n) is 15.5. The molecule has 1 amide bonds. The summed E-state index contributed by atoms with van der Waals surface area (Å²) in [5.74, 6) is 0.492. The summed E-state index contributed by atoms with van der Waals surface area (Å²) in [6, 6.07) is 4.96. The van der Waals surface area contributed by atoms with Gasteiger partial charge in [0.2, 0.25) is 6.79 Å². The van der Waals surface area contributed by atoms with Crippen molar-refractivity contribution >= 4 is 5.91 Å². The van der Waals surface area contributed by atoms with Gasteiger partial charge in [0.05, 0.1) is 12.5 Å². The quantitative estimate of drug-likeness (QED) is 0.810. The van der Waals surface area contributed by atoms with Gasteiger partial charge in [0.1, 0.15) is 11.6 Å². The van der Waals surface area contributed by atoms with Gasteiger partial charge in [0.15, 0.2) is 23.4 Å². The van der Waals surface area contributed by atoms with Crippen LogP contribution < -0.4 is 19.5 Å². The summed E-state index contributed by atoms with van der Waals surface area (Å²) in [7, 11) is 0. The molecule has 1 N–H and O–H groups in total. The Morgan fingerprint density at radius 1 is 1.34 bits per heavy atom. The monoisotopic (exact) mass is 412 g/mol.